The molecule has 0 fully saturated rings. The van der Waals surface area contributed by atoms with E-state index in [9.17, 15) is 10.2 Å². The zero-order valence-electron chi connectivity index (χ0n) is 25.1. The van der Waals surface area contributed by atoms with Gasteiger partial charge in [-0.1, -0.05) is 174 Å². The second-order valence-electron chi connectivity index (χ2n) is 11.6. The summed E-state index contributed by atoms with van der Waals surface area (Å²) in [6.07, 6.45) is 37.1. The van der Waals surface area contributed by atoms with Gasteiger partial charge < -0.3 is 10.2 Å². The van der Waals surface area contributed by atoms with Crippen molar-refractivity contribution in [1.29, 1.82) is 0 Å². The SMILES string of the molecule is CCCCCCCCCCCCCCCCCCCCCCCC(O)NC(O)CCCCCCCC. The van der Waals surface area contributed by atoms with Crippen molar-refractivity contribution in [2.45, 2.75) is 213 Å². The van der Waals surface area contributed by atoms with Crippen LogP contribution in [0, 0.1) is 0 Å². The molecule has 0 spiro atoms. The van der Waals surface area contributed by atoms with Crippen LogP contribution in [0.15, 0.2) is 0 Å². The Kier molecular flexibility index (Phi) is 31.0. The Labute approximate surface area is 228 Å². The molecule has 3 heteroatoms. The average Bonchev–Trinajstić information content (AvgIpc) is 2.87. The molecular formula is C33H69NO2. The molecule has 3 N–H and O–H groups in total. The quantitative estimate of drug-likeness (QED) is 0.0640. The zero-order chi connectivity index (χ0) is 26.4. The molecular weight excluding hydrogens is 442 g/mol. The molecule has 0 aromatic rings. The van der Waals surface area contributed by atoms with Crippen LogP contribution >= 0.6 is 0 Å². The molecule has 36 heavy (non-hydrogen) atoms. The van der Waals surface area contributed by atoms with Crippen molar-refractivity contribution in [3.05, 3.63) is 0 Å². The average molecular weight is 512 g/mol. The molecule has 0 saturated heterocycles. The molecule has 0 rings (SSSR count). The molecule has 0 aromatic heterocycles. The first-order valence-corrected chi connectivity index (χ1v) is 16.8. The first-order chi connectivity index (χ1) is 17.7. The predicted molar refractivity (Wildman–Crippen MR) is 160 cm³/mol. The Hall–Kier alpha value is -0.120. The molecule has 0 amide bonds. The van der Waals surface area contributed by atoms with Gasteiger partial charge in [0.2, 0.25) is 0 Å². The van der Waals surface area contributed by atoms with Gasteiger partial charge in [-0.2, -0.15) is 0 Å². The van der Waals surface area contributed by atoms with Crippen molar-refractivity contribution < 1.29 is 10.2 Å². The Morgan fingerprint density at radius 3 is 0.750 bits per heavy atom. The van der Waals surface area contributed by atoms with Gasteiger partial charge in [0.1, 0.15) is 12.5 Å². The van der Waals surface area contributed by atoms with Gasteiger partial charge in [-0.25, -0.2) is 0 Å². The van der Waals surface area contributed by atoms with E-state index in [1.54, 1.807) is 0 Å². The Bertz CT molecular complexity index is 390. The molecule has 3 nitrogen and oxygen atoms in total. The molecule has 218 valence electrons. The summed E-state index contributed by atoms with van der Waals surface area (Å²) >= 11 is 0. The molecule has 2 unspecified atom stereocenters. The summed E-state index contributed by atoms with van der Waals surface area (Å²) in [7, 11) is 0. The van der Waals surface area contributed by atoms with Crippen LogP contribution in [-0.4, -0.2) is 22.7 Å². The predicted octanol–water partition coefficient (Wildman–Crippen LogP) is 10.6. The van der Waals surface area contributed by atoms with Crippen LogP contribution in [0.4, 0.5) is 0 Å². The smallest absolute Gasteiger partial charge is 0.106 e. The van der Waals surface area contributed by atoms with E-state index in [4.69, 9.17) is 0 Å². The number of nitrogens with one attached hydrogen (secondary N) is 1. The van der Waals surface area contributed by atoms with E-state index in [1.807, 2.05) is 0 Å². The van der Waals surface area contributed by atoms with Crippen molar-refractivity contribution in [3.8, 4) is 0 Å². The van der Waals surface area contributed by atoms with Crippen LogP contribution in [0.1, 0.15) is 200 Å². The summed E-state index contributed by atoms with van der Waals surface area (Å²) in [6.45, 7) is 4.53. The molecule has 0 aliphatic rings. The van der Waals surface area contributed by atoms with Gasteiger partial charge >= 0.3 is 0 Å². The van der Waals surface area contributed by atoms with Crippen molar-refractivity contribution in [3.63, 3.8) is 0 Å². The lowest BCUT2D eigenvalue weighted by atomic mass is 10.0. The van der Waals surface area contributed by atoms with Gasteiger partial charge in [0.15, 0.2) is 0 Å². The Balaban J connectivity index is 3.20. The lowest BCUT2D eigenvalue weighted by Crippen LogP contribution is -2.38. The van der Waals surface area contributed by atoms with Gasteiger partial charge in [-0.3, -0.25) is 5.32 Å². The molecule has 0 aliphatic heterocycles. The summed E-state index contributed by atoms with van der Waals surface area (Å²) in [5, 5.41) is 23.1. The van der Waals surface area contributed by atoms with Crippen LogP contribution in [0.2, 0.25) is 0 Å². The summed E-state index contributed by atoms with van der Waals surface area (Å²) in [4.78, 5) is 0. The summed E-state index contributed by atoms with van der Waals surface area (Å²) in [6, 6.07) is 0. The highest BCUT2D eigenvalue weighted by Gasteiger charge is 2.09. The van der Waals surface area contributed by atoms with Crippen molar-refractivity contribution in [2.24, 2.45) is 0 Å². The van der Waals surface area contributed by atoms with Gasteiger partial charge in [-0.05, 0) is 25.7 Å². The first-order valence-electron chi connectivity index (χ1n) is 16.8. The Morgan fingerprint density at radius 2 is 0.528 bits per heavy atom. The molecule has 0 radical (unpaired) electrons. The molecule has 2 atom stereocenters. The molecule has 0 aliphatic carbocycles. The third-order valence-electron chi connectivity index (χ3n) is 7.80. The monoisotopic (exact) mass is 512 g/mol. The third-order valence-corrected chi connectivity index (χ3v) is 7.80. The number of hydrogen-bond donors (Lipinski definition) is 3. The van der Waals surface area contributed by atoms with Crippen LogP contribution in [0.5, 0.6) is 0 Å². The fraction of sp³-hybridized carbons (Fsp3) is 1.00. The lowest BCUT2D eigenvalue weighted by molar-refractivity contribution is 0.0310. The highest BCUT2D eigenvalue weighted by atomic mass is 16.3. The van der Waals surface area contributed by atoms with Gasteiger partial charge in [0.25, 0.3) is 0 Å². The third kappa shape index (κ3) is 30.1. The van der Waals surface area contributed by atoms with E-state index in [2.05, 4.69) is 19.2 Å². The number of unbranched alkanes of at least 4 members (excludes halogenated alkanes) is 25. The molecule has 0 bridgehead atoms. The highest BCUT2D eigenvalue weighted by Crippen LogP contribution is 2.15. The second-order valence-corrected chi connectivity index (χ2v) is 11.6. The second kappa shape index (κ2) is 31.1. The van der Waals surface area contributed by atoms with E-state index in [0.717, 1.165) is 25.7 Å². The lowest BCUT2D eigenvalue weighted by Gasteiger charge is -2.18. The van der Waals surface area contributed by atoms with Crippen LogP contribution in [0.25, 0.3) is 0 Å². The fourth-order valence-corrected chi connectivity index (χ4v) is 5.28. The Morgan fingerprint density at radius 1 is 0.333 bits per heavy atom. The summed E-state index contributed by atoms with van der Waals surface area (Å²) in [5.41, 5.74) is 0. The van der Waals surface area contributed by atoms with E-state index in [1.165, 1.54) is 161 Å². The fourth-order valence-electron chi connectivity index (χ4n) is 5.28. The molecule has 0 heterocycles. The van der Waals surface area contributed by atoms with Gasteiger partial charge in [0.05, 0.1) is 0 Å². The van der Waals surface area contributed by atoms with E-state index in [-0.39, 0.29) is 0 Å². The number of aliphatic hydroxyl groups is 2. The largest absolute Gasteiger partial charge is 0.379 e. The van der Waals surface area contributed by atoms with Crippen LogP contribution in [0.3, 0.4) is 0 Å². The normalized spacial score (nSPS) is 13.3. The molecule has 0 aromatic carbocycles. The van der Waals surface area contributed by atoms with Crippen molar-refractivity contribution in [2.75, 3.05) is 0 Å². The van der Waals surface area contributed by atoms with Crippen molar-refractivity contribution in [1.82, 2.24) is 5.32 Å². The zero-order valence-corrected chi connectivity index (χ0v) is 25.1. The van der Waals surface area contributed by atoms with E-state index < -0.39 is 12.5 Å². The topological polar surface area (TPSA) is 52.5 Å². The minimum absolute atomic E-state index is 0.555. The first kappa shape index (κ1) is 35.9. The number of hydrogen-bond acceptors (Lipinski definition) is 3. The maximum absolute atomic E-state index is 10.1. The highest BCUT2D eigenvalue weighted by molar-refractivity contribution is 4.60. The van der Waals surface area contributed by atoms with Gasteiger partial charge in [-0.15, -0.1) is 0 Å². The number of aliphatic hydroxyl groups excluding tert-OH is 2. The molecule has 0 saturated carbocycles. The maximum Gasteiger partial charge on any atom is 0.106 e. The van der Waals surface area contributed by atoms with E-state index in [0.29, 0.717) is 0 Å². The summed E-state index contributed by atoms with van der Waals surface area (Å²) in [5.74, 6) is 0. The standard InChI is InChI=1S/C33H69NO2/c1-3-5-7-9-11-12-13-14-15-16-17-18-19-20-21-22-23-24-25-27-29-31-33(36)34-32(35)30-28-26-10-8-6-4-2/h32-36H,3-31H2,1-2H3. The number of rotatable bonds is 31. The van der Waals surface area contributed by atoms with Gasteiger partial charge in [0, 0.05) is 0 Å². The van der Waals surface area contributed by atoms with Crippen LogP contribution < -0.4 is 5.32 Å². The minimum atomic E-state index is -0.555. The van der Waals surface area contributed by atoms with E-state index >= 15 is 0 Å². The van der Waals surface area contributed by atoms with Crippen LogP contribution in [-0.2, 0) is 0 Å². The van der Waals surface area contributed by atoms with Crippen molar-refractivity contribution >= 4 is 0 Å². The summed E-state index contributed by atoms with van der Waals surface area (Å²) < 4.78 is 0. The minimum Gasteiger partial charge on any atom is -0.379 e. The maximum atomic E-state index is 10.1.